The van der Waals surface area contributed by atoms with Crippen molar-refractivity contribution in [3.05, 3.63) is 22.5 Å². The molecule has 1 aromatic rings. The number of H-pyrrole nitrogens is 1. The number of carbonyl (C=O) groups excluding carboxylic acids is 2. The first-order valence-corrected chi connectivity index (χ1v) is 6.09. The van der Waals surface area contributed by atoms with Gasteiger partial charge in [-0.25, -0.2) is 9.59 Å². The van der Waals surface area contributed by atoms with Gasteiger partial charge in [0.1, 0.15) is 0 Å². The normalized spacial score (nSPS) is 14.6. The average molecular weight is 251 g/mol. The molecule has 2 rings (SSSR count). The van der Waals surface area contributed by atoms with Crippen LogP contribution in [0.25, 0.3) is 0 Å². The van der Waals surface area contributed by atoms with Crippen LogP contribution in [0.15, 0.2) is 0 Å². The number of esters is 2. The number of rotatable bonds is 2. The Morgan fingerprint density at radius 2 is 1.33 bits per heavy atom. The van der Waals surface area contributed by atoms with Gasteiger partial charge in [0.15, 0.2) is 0 Å². The van der Waals surface area contributed by atoms with Gasteiger partial charge >= 0.3 is 11.9 Å². The third-order valence-corrected chi connectivity index (χ3v) is 3.29. The Labute approximate surface area is 105 Å². The van der Waals surface area contributed by atoms with Gasteiger partial charge < -0.3 is 14.5 Å². The average Bonchev–Trinajstić information content (AvgIpc) is 2.74. The summed E-state index contributed by atoms with van der Waals surface area (Å²) in [5.74, 6) is -0.954. The zero-order valence-electron chi connectivity index (χ0n) is 10.7. The number of carbonyl (C=O) groups is 2. The summed E-state index contributed by atoms with van der Waals surface area (Å²) in [6.07, 6.45) is 4.62. The molecule has 0 atom stereocenters. The van der Waals surface area contributed by atoms with Gasteiger partial charge in [-0.2, -0.15) is 0 Å². The summed E-state index contributed by atoms with van der Waals surface area (Å²) in [7, 11) is 2.64. The highest BCUT2D eigenvalue weighted by molar-refractivity contribution is 6.05. The number of aromatic amines is 1. The summed E-state index contributed by atoms with van der Waals surface area (Å²) in [6, 6.07) is 0. The van der Waals surface area contributed by atoms with Crippen molar-refractivity contribution in [2.24, 2.45) is 0 Å². The Hall–Kier alpha value is -1.78. The van der Waals surface area contributed by atoms with Crippen LogP contribution in [0.3, 0.4) is 0 Å². The van der Waals surface area contributed by atoms with E-state index in [1.54, 1.807) is 0 Å². The van der Waals surface area contributed by atoms with Crippen LogP contribution in [0.4, 0.5) is 0 Å². The third kappa shape index (κ3) is 2.12. The van der Waals surface area contributed by atoms with Crippen molar-refractivity contribution < 1.29 is 19.1 Å². The van der Waals surface area contributed by atoms with E-state index in [4.69, 9.17) is 9.47 Å². The molecule has 0 unspecified atom stereocenters. The number of ether oxygens (including phenoxy) is 2. The van der Waals surface area contributed by atoms with Crippen LogP contribution in [0.1, 0.15) is 51.4 Å². The molecule has 5 nitrogen and oxygen atoms in total. The SMILES string of the molecule is COC(=O)c1c2[nH]c(c1C(=O)OC)CCCCC2. The van der Waals surface area contributed by atoms with Crippen LogP contribution in [-0.2, 0) is 22.3 Å². The lowest BCUT2D eigenvalue weighted by atomic mass is 10.1. The zero-order valence-corrected chi connectivity index (χ0v) is 10.7. The molecule has 0 amide bonds. The maximum Gasteiger partial charge on any atom is 0.340 e. The van der Waals surface area contributed by atoms with Gasteiger partial charge in [0.25, 0.3) is 0 Å². The number of nitrogens with one attached hydrogen (secondary N) is 1. The summed E-state index contributed by atoms with van der Waals surface area (Å²) >= 11 is 0. The predicted octanol–water partition coefficient (Wildman–Crippen LogP) is 1.86. The molecule has 1 N–H and O–H groups in total. The standard InChI is InChI=1S/C13H17NO4/c1-17-12(15)10-8-6-4-3-5-7-9(14-8)11(10)13(16)18-2/h14H,3-7H2,1-2H3. The third-order valence-electron chi connectivity index (χ3n) is 3.29. The second-order valence-electron chi connectivity index (χ2n) is 4.38. The maximum atomic E-state index is 11.8. The summed E-state index contributed by atoms with van der Waals surface area (Å²) in [5.41, 5.74) is 2.27. The van der Waals surface area contributed by atoms with Crippen LogP contribution in [0.5, 0.6) is 0 Å². The van der Waals surface area contributed by atoms with Crippen LogP contribution in [0.2, 0.25) is 0 Å². The highest BCUT2D eigenvalue weighted by Gasteiger charge is 2.29. The van der Waals surface area contributed by atoms with E-state index in [-0.39, 0.29) is 0 Å². The summed E-state index contributed by atoms with van der Waals surface area (Å²) in [6.45, 7) is 0. The fourth-order valence-corrected chi connectivity index (χ4v) is 2.42. The van der Waals surface area contributed by atoms with E-state index in [0.29, 0.717) is 11.1 Å². The number of hydrogen-bond acceptors (Lipinski definition) is 4. The smallest absolute Gasteiger partial charge is 0.340 e. The van der Waals surface area contributed by atoms with Crippen LogP contribution >= 0.6 is 0 Å². The quantitative estimate of drug-likeness (QED) is 0.814. The van der Waals surface area contributed by atoms with Crippen LogP contribution < -0.4 is 0 Å². The molecule has 0 saturated carbocycles. The van der Waals surface area contributed by atoms with E-state index < -0.39 is 11.9 Å². The van der Waals surface area contributed by atoms with Crippen molar-refractivity contribution in [2.45, 2.75) is 32.1 Å². The van der Waals surface area contributed by atoms with Crippen molar-refractivity contribution in [3.63, 3.8) is 0 Å². The van der Waals surface area contributed by atoms with Gasteiger partial charge in [0.2, 0.25) is 0 Å². The van der Waals surface area contributed by atoms with Crippen molar-refractivity contribution in [1.29, 1.82) is 0 Å². The molecule has 5 heteroatoms. The molecule has 1 aliphatic rings. The molecule has 0 saturated heterocycles. The minimum absolute atomic E-state index is 0.348. The van der Waals surface area contributed by atoms with E-state index in [9.17, 15) is 9.59 Å². The number of fused-ring (bicyclic) bond motifs is 2. The van der Waals surface area contributed by atoms with Crippen molar-refractivity contribution in [1.82, 2.24) is 4.98 Å². The molecular weight excluding hydrogens is 234 g/mol. The summed E-state index contributed by atoms with van der Waals surface area (Å²) < 4.78 is 9.54. The first-order chi connectivity index (χ1) is 8.69. The molecule has 0 radical (unpaired) electrons. The molecule has 0 fully saturated rings. The molecule has 0 aliphatic carbocycles. The van der Waals surface area contributed by atoms with Crippen molar-refractivity contribution in [3.8, 4) is 0 Å². The van der Waals surface area contributed by atoms with Gasteiger partial charge in [0, 0.05) is 11.4 Å². The highest BCUT2D eigenvalue weighted by Crippen LogP contribution is 2.26. The molecule has 2 bridgehead atoms. The van der Waals surface area contributed by atoms with Crippen molar-refractivity contribution >= 4 is 11.9 Å². The van der Waals surface area contributed by atoms with Gasteiger partial charge in [-0.05, 0) is 25.7 Å². The Kier molecular flexibility index (Phi) is 3.69. The minimum Gasteiger partial charge on any atom is -0.465 e. The van der Waals surface area contributed by atoms with Gasteiger partial charge in [-0.1, -0.05) is 6.42 Å². The second kappa shape index (κ2) is 5.25. The van der Waals surface area contributed by atoms with Crippen LogP contribution in [0, 0.1) is 0 Å². The summed E-state index contributed by atoms with van der Waals surface area (Å²) in [5, 5.41) is 0. The van der Waals surface area contributed by atoms with Crippen LogP contribution in [-0.4, -0.2) is 31.1 Å². The maximum absolute atomic E-state index is 11.8. The van der Waals surface area contributed by atoms with Gasteiger partial charge in [-0.3, -0.25) is 0 Å². The Balaban J connectivity index is 2.57. The number of hydrogen-bond donors (Lipinski definition) is 1. The molecular formula is C13H17NO4. The van der Waals surface area contributed by atoms with E-state index in [1.165, 1.54) is 14.2 Å². The lowest BCUT2D eigenvalue weighted by Gasteiger charge is -2.04. The molecule has 0 spiro atoms. The molecule has 2 heterocycles. The predicted molar refractivity (Wildman–Crippen MR) is 64.7 cm³/mol. The van der Waals surface area contributed by atoms with Crippen molar-refractivity contribution in [2.75, 3.05) is 14.2 Å². The van der Waals surface area contributed by atoms with E-state index >= 15 is 0 Å². The Bertz CT molecular complexity index is 435. The molecule has 1 aliphatic heterocycles. The zero-order chi connectivity index (χ0) is 13.1. The lowest BCUT2D eigenvalue weighted by molar-refractivity contribution is 0.0555. The molecule has 18 heavy (non-hydrogen) atoms. The van der Waals surface area contributed by atoms with Gasteiger partial charge in [0.05, 0.1) is 25.3 Å². The van der Waals surface area contributed by atoms with E-state index in [0.717, 1.165) is 43.5 Å². The Morgan fingerprint density at radius 1 is 0.889 bits per heavy atom. The summed E-state index contributed by atoms with van der Waals surface area (Å²) in [4.78, 5) is 26.9. The number of aryl methyl sites for hydroxylation is 2. The van der Waals surface area contributed by atoms with Gasteiger partial charge in [-0.15, -0.1) is 0 Å². The molecule has 98 valence electrons. The first-order valence-electron chi connectivity index (χ1n) is 6.09. The monoisotopic (exact) mass is 251 g/mol. The Morgan fingerprint density at radius 3 is 1.72 bits per heavy atom. The number of methoxy groups -OCH3 is 2. The van der Waals surface area contributed by atoms with E-state index in [2.05, 4.69) is 4.98 Å². The largest absolute Gasteiger partial charge is 0.465 e. The van der Waals surface area contributed by atoms with E-state index in [1.807, 2.05) is 0 Å². The first kappa shape index (κ1) is 12.7. The second-order valence-corrected chi connectivity index (χ2v) is 4.38. The fraction of sp³-hybridized carbons (Fsp3) is 0.538. The number of aromatic nitrogens is 1. The molecule has 0 aromatic carbocycles. The highest BCUT2D eigenvalue weighted by atomic mass is 16.5. The fourth-order valence-electron chi connectivity index (χ4n) is 2.42. The molecule has 1 aromatic heterocycles. The topological polar surface area (TPSA) is 68.4 Å². The lowest BCUT2D eigenvalue weighted by Crippen LogP contribution is -2.12. The minimum atomic E-state index is -0.477.